The first-order valence-electron chi connectivity index (χ1n) is 9.24. The molecule has 3 rings (SSSR count). The number of pyridine rings is 1. The summed E-state index contributed by atoms with van der Waals surface area (Å²) in [6.45, 7) is 4.02. The molecule has 1 aromatic carbocycles. The molecule has 1 atom stereocenters. The fourth-order valence-corrected chi connectivity index (χ4v) is 4.57. The summed E-state index contributed by atoms with van der Waals surface area (Å²) in [7, 11) is -1.01. The van der Waals surface area contributed by atoms with Gasteiger partial charge in [-0.25, -0.2) is 17.9 Å². The first-order valence-corrected chi connectivity index (χ1v) is 10.7. The molecule has 0 fully saturated rings. The number of benzene rings is 1. The van der Waals surface area contributed by atoms with Crippen LogP contribution in [0.25, 0.3) is 10.9 Å². The van der Waals surface area contributed by atoms with E-state index < -0.39 is 27.3 Å². The van der Waals surface area contributed by atoms with Crippen LogP contribution < -0.4 is 16.0 Å². The smallest absolute Gasteiger partial charge is 0.296 e. The second-order valence-electron chi connectivity index (χ2n) is 7.47. The highest BCUT2D eigenvalue weighted by molar-refractivity contribution is 7.89. The predicted octanol–water partition coefficient (Wildman–Crippen LogP) is 1.70. The number of rotatable bonds is 6. The molecule has 0 saturated carbocycles. The summed E-state index contributed by atoms with van der Waals surface area (Å²) in [5, 5.41) is 0.166. The Kier molecular flexibility index (Phi) is 5.72. The number of fused-ring (bicyclic) bond motifs is 1. The number of aryl methyl sites for hydroxylation is 1. The number of hydrogen-bond donors (Lipinski definition) is 1. The van der Waals surface area contributed by atoms with Crippen molar-refractivity contribution in [2.45, 2.75) is 31.2 Å². The number of nitrogens with one attached hydrogen (secondary N) is 1. The van der Waals surface area contributed by atoms with Gasteiger partial charge in [0.15, 0.2) is 0 Å². The third-order valence-electron chi connectivity index (χ3n) is 4.84. The number of nitrogens with zero attached hydrogens (tertiary/aromatic N) is 3. The van der Waals surface area contributed by atoms with Crippen molar-refractivity contribution >= 4 is 20.9 Å². The summed E-state index contributed by atoms with van der Waals surface area (Å²) in [5.41, 5.74) is 0.142. The fraction of sp³-hybridized carbons (Fsp3) is 0.350. The van der Waals surface area contributed by atoms with Gasteiger partial charge >= 0.3 is 5.69 Å². The molecule has 2 heterocycles. The Bertz CT molecular complexity index is 1260. The zero-order valence-electron chi connectivity index (χ0n) is 16.8. The van der Waals surface area contributed by atoms with Crippen LogP contribution in [0.2, 0.25) is 0 Å². The maximum atomic E-state index is 13.1. The lowest BCUT2D eigenvalue weighted by molar-refractivity contribution is 0.471. The molecule has 8 nitrogen and oxygen atoms in total. The van der Waals surface area contributed by atoms with Crippen LogP contribution >= 0.6 is 0 Å². The summed E-state index contributed by atoms with van der Waals surface area (Å²) in [5.74, 6) is 0.251. The number of hydrogen-bond acceptors (Lipinski definition) is 5. The molecule has 0 spiro atoms. The minimum atomic E-state index is -3.91. The van der Waals surface area contributed by atoms with Crippen LogP contribution in [-0.2, 0) is 24.1 Å². The van der Waals surface area contributed by atoms with E-state index in [1.54, 1.807) is 18.5 Å². The summed E-state index contributed by atoms with van der Waals surface area (Å²) >= 11 is 0. The van der Waals surface area contributed by atoms with Gasteiger partial charge in [-0.1, -0.05) is 19.9 Å². The van der Waals surface area contributed by atoms with Crippen LogP contribution in [0.3, 0.4) is 0 Å². The molecule has 9 heteroatoms. The molecule has 0 amide bonds. The van der Waals surface area contributed by atoms with E-state index in [1.165, 1.54) is 36.9 Å². The van der Waals surface area contributed by atoms with Crippen molar-refractivity contribution in [2.24, 2.45) is 20.0 Å². The van der Waals surface area contributed by atoms with Crippen LogP contribution in [0.4, 0.5) is 0 Å². The average molecular weight is 417 g/mol. The van der Waals surface area contributed by atoms with Gasteiger partial charge in [0.2, 0.25) is 10.0 Å². The van der Waals surface area contributed by atoms with Crippen molar-refractivity contribution in [1.82, 2.24) is 18.8 Å². The molecule has 0 saturated heterocycles. The second kappa shape index (κ2) is 7.92. The van der Waals surface area contributed by atoms with E-state index in [2.05, 4.69) is 9.71 Å². The maximum Gasteiger partial charge on any atom is 0.330 e. The van der Waals surface area contributed by atoms with Gasteiger partial charge in [-0.3, -0.25) is 18.9 Å². The van der Waals surface area contributed by atoms with Gasteiger partial charge in [-0.15, -0.1) is 0 Å². The van der Waals surface area contributed by atoms with Gasteiger partial charge in [0, 0.05) is 32.5 Å². The Morgan fingerprint density at radius 2 is 1.83 bits per heavy atom. The van der Waals surface area contributed by atoms with Gasteiger partial charge in [0.05, 0.1) is 15.8 Å². The first kappa shape index (κ1) is 20.9. The van der Waals surface area contributed by atoms with E-state index >= 15 is 0 Å². The van der Waals surface area contributed by atoms with Crippen LogP contribution in [0, 0.1) is 5.92 Å². The highest BCUT2D eigenvalue weighted by atomic mass is 32.2. The Hall–Kier alpha value is -2.78. The largest absolute Gasteiger partial charge is 0.330 e. The van der Waals surface area contributed by atoms with Crippen molar-refractivity contribution in [3.63, 3.8) is 0 Å². The molecule has 1 N–H and O–H groups in total. The van der Waals surface area contributed by atoms with Crippen LogP contribution in [0.15, 0.2) is 57.2 Å². The lowest BCUT2D eigenvalue weighted by Gasteiger charge is -2.21. The standard InChI is InChI=1S/C20H24N4O4S/c1-13(2)10-17(14-6-5-9-21-12-14)22-29(27,28)15-7-8-18-16(11-15)19(25)24(4)20(26)23(18)3/h5-9,11-13,17,22H,10H2,1-4H3/t17-/m0/s1. The van der Waals surface area contributed by atoms with Crippen molar-refractivity contribution in [1.29, 1.82) is 0 Å². The molecule has 3 aromatic rings. The second-order valence-corrected chi connectivity index (χ2v) is 9.19. The SMILES string of the molecule is CC(C)C[C@H](NS(=O)(=O)c1ccc2c(c1)c(=O)n(C)c(=O)n2C)c1cccnc1. The summed E-state index contributed by atoms with van der Waals surface area (Å²) in [6.07, 6.45) is 3.87. The predicted molar refractivity (Wildman–Crippen MR) is 111 cm³/mol. The zero-order valence-corrected chi connectivity index (χ0v) is 17.6. The topological polar surface area (TPSA) is 103 Å². The fourth-order valence-electron chi connectivity index (χ4n) is 3.30. The Morgan fingerprint density at radius 3 is 2.45 bits per heavy atom. The van der Waals surface area contributed by atoms with E-state index in [9.17, 15) is 18.0 Å². The minimum Gasteiger partial charge on any atom is -0.296 e. The number of aromatic nitrogens is 3. The van der Waals surface area contributed by atoms with E-state index in [4.69, 9.17) is 0 Å². The lowest BCUT2D eigenvalue weighted by atomic mass is 9.99. The molecule has 0 unspecified atom stereocenters. The molecular weight excluding hydrogens is 392 g/mol. The van der Waals surface area contributed by atoms with E-state index in [-0.39, 0.29) is 16.2 Å². The van der Waals surface area contributed by atoms with Crippen molar-refractivity contribution in [3.8, 4) is 0 Å². The van der Waals surface area contributed by atoms with Gasteiger partial charge in [0.25, 0.3) is 5.56 Å². The summed E-state index contributed by atoms with van der Waals surface area (Å²) in [4.78, 5) is 28.6. The number of sulfonamides is 1. The zero-order chi connectivity index (χ0) is 21.3. The first-order chi connectivity index (χ1) is 13.6. The molecule has 2 aromatic heterocycles. The monoisotopic (exact) mass is 416 g/mol. The van der Waals surface area contributed by atoms with Gasteiger partial charge in [0.1, 0.15) is 0 Å². The van der Waals surface area contributed by atoms with Crippen LogP contribution in [0.5, 0.6) is 0 Å². The van der Waals surface area contributed by atoms with Crippen molar-refractivity contribution in [2.75, 3.05) is 0 Å². The quantitative estimate of drug-likeness (QED) is 0.659. The van der Waals surface area contributed by atoms with Crippen LogP contribution in [0.1, 0.15) is 31.9 Å². The van der Waals surface area contributed by atoms with E-state index in [1.807, 2.05) is 19.9 Å². The Labute approximate surface area is 168 Å². The van der Waals surface area contributed by atoms with Gasteiger partial charge in [-0.05, 0) is 42.2 Å². The highest BCUT2D eigenvalue weighted by Crippen LogP contribution is 2.24. The molecule has 0 aliphatic heterocycles. The minimum absolute atomic E-state index is 0.0293. The molecule has 154 valence electrons. The maximum absolute atomic E-state index is 13.1. The molecular formula is C20H24N4O4S. The Morgan fingerprint density at radius 1 is 1.10 bits per heavy atom. The molecule has 29 heavy (non-hydrogen) atoms. The highest BCUT2D eigenvalue weighted by Gasteiger charge is 2.23. The average Bonchev–Trinajstić information content (AvgIpc) is 2.70. The van der Waals surface area contributed by atoms with Gasteiger partial charge in [-0.2, -0.15) is 0 Å². The third kappa shape index (κ3) is 4.15. The van der Waals surface area contributed by atoms with Crippen molar-refractivity contribution < 1.29 is 8.42 Å². The van der Waals surface area contributed by atoms with Crippen LogP contribution in [-0.4, -0.2) is 22.5 Å². The molecule has 0 aliphatic carbocycles. The molecule has 0 radical (unpaired) electrons. The Balaban J connectivity index is 2.07. The van der Waals surface area contributed by atoms with E-state index in [0.29, 0.717) is 11.9 Å². The normalized spacial score (nSPS) is 13.1. The molecule has 0 aliphatic rings. The molecule has 0 bridgehead atoms. The van der Waals surface area contributed by atoms with Gasteiger partial charge < -0.3 is 0 Å². The summed E-state index contributed by atoms with van der Waals surface area (Å²) < 4.78 is 31.2. The van der Waals surface area contributed by atoms with Crippen molar-refractivity contribution in [3.05, 3.63) is 69.1 Å². The summed E-state index contributed by atoms with van der Waals surface area (Å²) in [6, 6.07) is 7.33. The van der Waals surface area contributed by atoms with E-state index in [0.717, 1.165) is 10.1 Å². The lowest BCUT2D eigenvalue weighted by Crippen LogP contribution is -2.37. The third-order valence-corrected chi connectivity index (χ3v) is 6.31.